The highest BCUT2D eigenvalue weighted by atomic mass is 16.5. The highest BCUT2D eigenvalue weighted by molar-refractivity contribution is 5.98. The number of nitrogens with zero attached hydrogens (tertiary/aromatic N) is 3. The molecular formula is C26H27N3O4. The molecule has 0 spiro atoms. The van der Waals surface area contributed by atoms with Gasteiger partial charge in [0.25, 0.3) is 5.56 Å². The molecule has 0 atom stereocenters. The van der Waals surface area contributed by atoms with Gasteiger partial charge in [-0.25, -0.2) is 9.59 Å². The number of para-hydroxylation sites is 1. The second-order valence-corrected chi connectivity index (χ2v) is 9.15. The zero-order valence-electron chi connectivity index (χ0n) is 19.7. The van der Waals surface area contributed by atoms with Crippen molar-refractivity contribution in [2.75, 3.05) is 7.11 Å². The number of fused-ring (bicyclic) bond motifs is 1. The number of methoxy groups -OCH3 is 1. The molecule has 4 aromatic rings. The number of carbonyl (C=O) groups is 1. The molecule has 33 heavy (non-hydrogen) atoms. The van der Waals surface area contributed by atoms with Gasteiger partial charge in [0, 0.05) is 20.3 Å². The topological polar surface area (TPSA) is 75.2 Å². The molecule has 2 heterocycles. The van der Waals surface area contributed by atoms with Crippen LogP contribution >= 0.6 is 0 Å². The van der Waals surface area contributed by atoms with Crippen LogP contribution in [0.25, 0.3) is 27.8 Å². The minimum absolute atomic E-state index is 0.0277. The first-order chi connectivity index (χ1) is 15.6. The second kappa shape index (κ2) is 7.92. The van der Waals surface area contributed by atoms with Crippen LogP contribution in [-0.2, 0) is 24.2 Å². The van der Waals surface area contributed by atoms with Gasteiger partial charge in [0.05, 0.1) is 35.0 Å². The molecule has 0 aliphatic carbocycles. The molecule has 0 bridgehead atoms. The fourth-order valence-corrected chi connectivity index (χ4v) is 4.11. The van der Waals surface area contributed by atoms with Crippen molar-refractivity contribution in [2.45, 2.75) is 26.2 Å². The lowest BCUT2D eigenvalue weighted by atomic mass is 9.86. The van der Waals surface area contributed by atoms with E-state index in [9.17, 15) is 14.4 Å². The zero-order valence-corrected chi connectivity index (χ0v) is 19.7. The first-order valence-corrected chi connectivity index (χ1v) is 10.7. The number of hydrogen-bond donors (Lipinski definition) is 0. The summed E-state index contributed by atoms with van der Waals surface area (Å²) < 4.78 is 9.33. The standard InChI is InChI=1S/C26H27N3O4/c1-26(2,3)17-13-11-16(12-14-17)22-21-20(27(4)25(32)28(5)23(21)30)15-29(22)19-10-8-7-9-18(19)24(31)33-6/h7-15H,1-6H3. The highest BCUT2D eigenvalue weighted by Gasteiger charge is 2.23. The van der Waals surface area contributed by atoms with E-state index < -0.39 is 17.2 Å². The molecule has 0 saturated carbocycles. The summed E-state index contributed by atoms with van der Waals surface area (Å²) in [4.78, 5) is 38.4. The maximum absolute atomic E-state index is 13.3. The van der Waals surface area contributed by atoms with Crippen molar-refractivity contribution < 1.29 is 9.53 Å². The van der Waals surface area contributed by atoms with Crippen molar-refractivity contribution in [1.82, 2.24) is 13.7 Å². The van der Waals surface area contributed by atoms with E-state index in [0.29, 0.717) is 27.8 Å². The van der Waals surface area contributed by atoms with E-state index in [2.05, 4.69) is 20.8 Å². The molecule has 0 amide bonds. The van der Waals surface area contributed by atoms with Gasteiger partial charge in [-0.2, -0.15) is 0 Å². The Labute approximate surface area is 191 Å². The van der Waals surface area contributed by atoms with Crippen molar-refractivity contribution >= 4 is 16.9 Å². The Bertz CT molecular complexity index is 1500. The Balaban J connectivity index is 2.15. The van der Waals surface area contributed by atoms with Crippen LogP contribution in [0.3, 0.4) is 0 Å². The molecule has 0 saturated heterocycles. The van der Waals surface area contributed by atoms with Gasteiger partial charge in [0.15, 0.2) is 0 Å². The molecule has 4 rings (SSSR count). The normalized spacial score (nSPS) is 11.7. The van der Waals surface area contributed by atoms with E-state index in [1.54, 1.807) is 36.0 Å². The van der Waals surface area contributed by atoms with Gasteiger partial charge in [-0.1, -0.05) is 57.2 Å². The van der Waals surface area contributed by atoms with Crippen LogP contribution in [0.15, 0.2) is 64.3 Å². The Morgan fingerprint density at radius 2 is 1.55 bits per heavy atom. The number of carbonyl (C=O) groups excluding carboxylic acids is 1. The Kier molecular flexibility index (Phi) is 5.36. The lowest BCUT2D eigenvalue weighted by molar-refractivity contribution is 0.0601. The van der Waals surface area contributed by atoms with Gasteiger partial charge >= 0.3 is 11.7 Å². The first-order valence-electron chi connectivity index (χ1n) is 10.7. The molecule has 2 aromatic heterocycles. The molecule has 170 valence electrons. The van der Waals surface area contributed by atoms with Crippen molar-refractivity contribution in [3.63, 3.8) is 0 Å². The Hall–Kier alpha value is -3.87. The molecule has 7 nitrogen and oxygen atoms in total. The summed E-state index contributed by atoms with van der Waals surface area (Å²) in [5.41, 5.74) is 3.13. The molecule has 0 unspecified atom stereocenters. The van der Waals surface area contributed by atoms with Crippen LogP contribution in [0.4, 0.5) is 0 Å². The Morgan fingerprint density at radius 1 is 0.909 bits per heavy atom. The van der Waals surface area contributed by atoms with Crippen molar-refractivity contribution in [3.05, 3.63) is 86.7 Å². The quantitative estimate of drug-likeness (QED) is 0.450. The third-order valence-electron chi connectivity index (χ3n) is 6.03. The highest BCUT2D eigenvalue weighted by Crippen LogP contribution is 2.33. The van der Waals surface area contributed by atoms with Gasteiger partial charge < -0.3 is 9.30 Å². The van der Waals surface area contributed by atoms with Crippen molar-refractivity contribution in [2.24, 2.45) is 14.1 Å². The smallest absolute Gasteiger partial charge is 0.339 e. The van der Waals surface area contributed by atoms with Gasteiger partial charge in [-0.15, -0.1) is 0 Å². The van der Waals surface area contributed by atoms with E-state index in [-0.39, 0.29) is 5.41 Å². The fraction of sp³-hybridized carbons (Fsp3) is 0.269. The number of aryl methyl sites for hydroxylation is 1. The summed E-state index contributed by atoms with van der Waals surface area (Å²) in [5, 5.41) is 0.405. The fourth-order valence-electron chi connectivity index (χ4n) is 4.11. The van der Waals surface area contributed by atoms with Crippen LogP contribution in [0.1, 0.15) is 36.7 Å². The predicted octanol–water partition coefficient (Wildman–Crippen LogP) is 3.78. The molecule has 0 aliphatic rings. The minimum Gasteiger partial charge on any atom is -0.465 e. The number of aromatic nitrogens is 3. The summed E-state index contributed by atoms with van der Waals surface area (Å²) in [7, 11) is 4.43. The summed E-state index contributed by atoms with van der Waals surface area (Å²) in [6.45, 7) is 6.41. The molecule has 0 fully saturated rings. The third-order valence-corrected chi connectivity index (χ3v) is 6.03. The lowest BCUT2D eigenvalue weighted by Gasteiger charge is -2.19. The number of benzene rings is 2. The first kappa shape index (κ1) is 22.3. The van der Waals surface area contributed by atoms with E-state index in [0.717, 1.165) is 15.7 Å². The van der Waals surface area contributed by atoms with Gasteiger partial charge in [-0.3, -0.25) is 13.9 Å². The van der Waals surface area contributed by atoms with Crippen LogP contribution in [0.2, 0.25) is 0 Å². The van der Waals surface area contributed by atoms with E-state index in [1.165, 1.54) is 18.7 Å². The summed E-state index contributed by atoms with van der Waals surface area (Å²) in [5.74, 6) is -0.487. The molecule has 0 radical (unpaired) electrons. The van der Waals surface area contributed by atoms with Crippen molar-refractivity contribution in [1.29, 1.82) is 0 Å². The number of ether oxygens (including phenoxy) is 1. The number of rotatable bonds is 3. The predicted molar refractivity (Wildman–Crippen MR) is 129 cm³/mol. The number of esters is 1. The van der Waals surface area contributed by atoms with E-state index >= 15 is 0 Å². The van der Waals surface area contributed by atoms with Crippen LogP contribution in [0, 0.1) is 0 Å². The van der Waals surface area contributed by atoms with Crippen LogP contribution < -0.4 is 11.2 Å². The molecule has 7 heteroatoms. The van der Waals surface area contributed by atoms with E-state index in [4.69, 9.17) is 4.74 Å². The maximum atomic E-state index is 13.3. The summed E-state index contributed by atoms with van der Waals surface area (Å²) in [6, 6.07) is 15.1. The summed E-state index contributed by atoms with van der Waals surface area (Å²) >= 11 is 0. The average molecular weight is 446 g/mol. The molecule has 2 aromatic carbocycles. The molecule has 0 N–H and O–H groups in total. The largest absolute Gasteiger partial charge is 0.465 e. The minimum atomic E-state index is -0.487. The number of hydrogen-bond acceptors (Lipinski definition) is 4. The van der Waals surface area contributed by atoms with Crippen molar-refractivity contribution in [3.8, 4) is 16.9 Å². The van der Waals surface area contributed by atoms with E-state index in [1.807, 2.05) is 30.3 Å². The van der Waals surface area contributed by atoms with Gasteiger partial charge in [-0.05, 0) is 28.7 Å². The lowest BCUT2D eigenvalue weighted by Crippen LogP contribution is -2.36. The second-order valence-electron chi connectivity index (χ2n) is 9.15. The molecular weight excluding hydrogens is 418 g/mol. The van der Waals surface area contributed by atoms with Crippen LogP contribution in [0.5, 0.6) is 0 Å². The SMILES string of the molecule is COC(=O)c1ccccc1-n1cc2c(c1-c1ccc(C(C)(C)C)cc1)c(=O)n(C)c(=O)n2C. The summed E-state index contributed by atoms with van der Waals surface area (Å²) in [6.07, 6.45) is 1.73. The maximum Gasteiger partial charge on any atom is 0.339 e. The van der Waals surface area contributed by atoms with Crippen LogP contribution in [-0.4, -0.2) is 26.8 Å². The van der Waals surface area contributed by atoms with Gasteiger partial charge in [0.2, 0.25) is 0 Å². The monoisotopic (exact) mass is 445 g/mol. The molecule has 0 aliphatic heterocycles. The van der Waals surface area contributed by atoms with Gasteiger partial charge in [0.1, 0.15) is 0 Å². The Morgan fingerprint density at radius 3 is 2.15 bits per heavy atom. The average Bonchev–Trinajstić information content (AvgIpc) is 3.21. The third kappa shape index (κ3) is 3.59. The zero-order chi connectivity index (χ0) is 24.1.